The van der Waals surface area contributed by atoms with E-state index in [4.69, 9.17) is 0 Å². The van der Waals surface area contributed by atoms with Crippen molar-refractivity contribution in [2.24, 2.45) is 0 Å². The van der Waals surface area contributed by atoms with Crippen molar-refractivity contribution >= 4 is 17.5 Å². The molecule has 6 nitrogen and oxygen atoms in total. The van der Waals surface area contributed by atoms with Crippen LogP contribution >= 0.6 is 0 Å². The van der Waals surface area contributed by atoms with E-state index in [9.17, 15) is 9.18 Å². The molecule has 0 saturated heterocycles. The average Bonchev–Trinajstić information content (AvgIpc) is 2.61. The summed E-state index contributed by atoms with van der Waals surface area (Å²) in [5.74, 6) is -0.345. The molecule has 0 aliphatic carbocycles. The summed E-state index contributed by atoms with van der Waals surface area (Å²) in [6.45, 7) is 0.393. The number of hydrogen-bond acceptors (Lipinski definition) is 5. The fraction of sp³-hybridized carbons (Fsp3) is 0.0588. The lowest BCUT2D eigenvalue weighted by Crippen LogP contribution is -2.23. The Labute approximate surface area is 137 Å². The molecule has 2 heterocycles. The highest BCUT2D eigenvalue weighted by molar-refractivity contribution is 5.93. The highest BCUT2D eigenvalue weighted by Gasteiger charge is 2.07. The zero-order chi connectivity index (χ0) is 16.8. The number of halogens is 1. The number of benzene rings is 1. The molecule has 1 amide bonds. The first kappa shape index (κ1) is 15.5. The van der Waals surface area contributed by atoms with Crippen LogP contribution < -0.4 is 10.6 Å². The van der Waals surface area contributed by atoms with Crippen LogP contribution in [0, 0.1) is 5.82 Å². The van der Waals surface area contributed by atoms with E-state index in [2.05, 4.69) is 25.6 Å². The summed E-state index contributed by atoms with van der Waals surface area (Å²) < 4.78 is 13.1. The topological polar surface area (TPSA) is 79.8 Å². The Kier molecular flexibility index (Phi) is 4.71. The summed E-state index contributed by atoms with van der Waals surface area (Å²) in [5, 5.41) is 5.64. The van der Waals surface area contributed by atoms with Crippen LogP contribution in [0.25, 0.3) is 0 Å². The molecule has 0 fully saturated rings. The molecule has 120 valence electrons. The predicted molar refractivity (Wildman–Crippen MR) is 87.1 cm³/mol. The molecule has 0 aliphatic rings. The van der Waals surface area contributed by atoms with Gasteiger partial charge in [-0.15, -0.1) is 0 Å². The first-order chi connectivity index (χ1) is 11.7. The van der Waals surface area contributed by atoms with Crippen LogP contribution in [0.1, 0.15) is 15.9 Å². The van der Waals surface area contributed by atoms with Gasteiger partial charge in [0.05, 0.1) is 5.56 Å². The third-order valence-electron chi connectivity index (χ3n) is 3.20. The number of anilines is 2. The van der Waals surface area contributed by atoms with Gasteiger partial charge >= 0.3 is 0 Å². The maximum atomic E-state index is 13.1. The van der Waals surface area contributed by atoms with E-state index in [0.29, 0.717) is 17.8 Å². The minimum absolute atomic E-state index is 0.274. The second kappa shape index (κ2) is 7.28. The number of nitrogens with zero attached hydrogens (tertiary/aromatic N) is 3. The van der Waals surface area contributed by atoms with Crippen LogP contribution in [-0.2, 0) is 6.54 Å². The molecule has 1 aromatic carbocycles. The second-order valence-electron chi connectivity index (χ2n) is 4.97. The maximum Gasteiger partial charge on any atom is 0.254 e. The summed E-state index contributed by atoms with van der Waals surface area (Å²) in [6, 6.07) is 9.60. The highest BCUT2D eigenvalue weighted by Crippen LogP contribution is 2.13. The number of carbonyl (C=O) groups excluding carboxylic acids is 1. The normalized spacial score (nSPS) is 10.2. The van der Waals surface area contributed by atoms with Crippen LogP contribution in [0.4, 0.5) is 16.0 Å². The molecular weight excluding hydrogens is 309 g/mol. The smallest absolute Gasteiger partial charge is 0.254 e. The van der Waals surface area contributed by atoms with Gasteiger partial charge < -0.3 is 10.6 Å². The third-order valence-corrected chi connectivity index (χ3v) is 3.20. The van der Waals surface area contributed by atoms with Crippen molar-refractivity contribution in [3.05, 3.63) is 78.1 Å². The number of rotatable bonds is 5. The quantitative estimate of drug-likeness (QED) is 0.754. The Balaban J connectivity index is 1.60. The number of pyridine rings is 1. The monoisotopic (exact) mass is 323 g/mol. The molecule has 0 atom stereocenters. The van der Waals surface area contributed by atoms with Crippen molar-refractivity contribution in [1.82, 2.24) is 20.3 Å². The van der Waals surface area contributed by atoms with Gasteiger partial charge in [-0.25, -0.2) is 14.4 Å². The van der Waals surface area contributed by atoms with E-state index in [0.717, 1.165) is 5.56 Å². The molecule has 3 rings (SSSR count). The number of aromatic nitrogens is 3. The summed E-state index contributed by atoms with van der Waals surface area (Å²) in [6.07, 6.45) is 6.15. The van der Waals surface area contributed by atoms with Gasteiger partial charge in [0.2, 0.25) is 5.95 Å². The molecule has 2 aromatic heterocycles. The van der Waals surface area contributed by atoms with E-state index in [1.54, 1.807) is 24.5 Å². The van der Waals surface area contributed by atoms with Gasteiger partial charge in [0.15, 0.2) is 0 Å². The summed E-state index contributed by atoms with van der Waals surface area (Å²) in [5.41, 5.74) is 1.82. The third kappa shape index (κ3) is 4.10. The van der Waals surface area contributed by atoms with Gasteiger partial charge in [-0.1, -0.05) is 6.07 Å². The predicted octanol–water partition coefficient (Wildman–Crippen LogP) is 2.68. The summed E-state index contributed by atoms with van der Waals surface area (Å²) in [4.78, 5) is 24.1. The maximum absolute atomic E-state index is 13.1. The number of hydrogen-bond donors (Lipinski definition) is 2. The van der Waals surface area contributed by atoms with Gasteiger partial charge in [0.1, 0.15) is 5.82 Å². The SMILES string of the molecule is O=C(NCc1ccncc1)c1cnc(Nc2cccc(F)c2)nc1. The average molecular weight is 323 g/mol. The van der Waals surface area contributed by atoms with Crippen LogP contribution in [-0.4, -0.2) is 20.9 Å². The molecule has 0 saturated carbocycles. The Morgan fingerprint density at radius 1 is 1.08 bits per heavy atom. The minimum atomic E-state index is -0.355. The van der Waals surface area contributed by atoms with Crippen molar-refractivity contribution < 1.29 is 9.18 Å². The molecule has 2 N–H and O–H groups in total. The Bertz CT molecular complexity index is 824. The van der Waals surface area contributed by atoms with Crippen LogP contribution in [0.15, 0.2) is 61.2 Å². The van der Waals surface area contributed by atoms with E-state index in [-0.39, 0.29) is 17.7 Å². The fourth-order valence-electron chi connectivity index (χ4n) is 1.99. The molecule has 0 unspecified atom stereocenters. The van der Waals surface area contributed by atoms with E-state index in [1.807, 2.05) is 12.1 Å². The molecule has 0 spiro atoms. The molecule has 0 radical (unpaired) electrons. The second-order valence-corrected chi connectivity index (χ2v) is 4.97. The van der Waals surface area contributed by atoms with Crippen molar-refractivity contribution in [1.29, 1.82) is 0 Å². The largest absolute Gasteiger partial charge is 0.348 e. The van der Waals surface area contributed by atoms with Gasteiger partial charge in [-0.2, -0.15) is 0 Å². The zero-order valence-corrected chi connectivity index (χ0v) is 12.6. The Morgan fingerprint density at radius 2 is 1.83 bits per heavy atom. The van der Waals surface area contributed by atoms with Crippen molar-refractivity contribution in [3.8, 4) is 0 Å². The van der Waals surface area contributed by atoms with E-state index in [1.165, 1.54) is 24.5 Å². The molecule has 24 heavy (non-hydrogen) atoms. The number of amides is 1. The lowest BCUT2D eigenvalue weighted by molar-refractivity contribution is 0.0950. The van der Waals surface area contributed by atoms with Crippen LogP contribution in [0.5, 0.6) is 0 Å². The first-order valence-electron chi connectivity index (χ1n) is 7.22. The Hall–Kier alpha value is -3.35. The molecular formula is C17H14FN5O. The van der Waals surface area contributed by atoms with Gasteiger partial charge in [0.25, 0.3) is 5.91 Å². The van der Waals surface area contributed by atoms with Crippen LogP contribution in [0.3, 0.4) is 0 Å². The lowest BCUT2D eigenvalue weighted by Gasteiger charge is -2.07. The zero-order valence-electron chi connectivity index (χ0n) is 12.6. The Morgan fingerprint density at radius 3 is 2.54 bits per heavy atom. The number of nitrogens with one attached hydrogen (secondary N) is 2. The lowest BCUT2D eigenvalue weighted by atomic mass is 10.2. The van der Waals surface area contributed by atoms with Gasteiger partial charge in [-0.05, 0) is 35.9 Å². The van der Waals surface area contributed by atoms with Crippen molar-refractivity contribution in [3.63, 3.8) is 0 Å². The van der Waals surface area contributed by atoms with E-state index >= 15 is 0 Å². The van der Waals surface area contributed by atoms with Crippen LogP contribution in [0.2, 0.25) is 0 Å². The first-order valence-corrected chi connectivity index (χ1v) is 7.22. The minimum Gasteiger partial charge on any atom is -0.348 e. The molecule has 3 aromatic rings. The van der Waals surface area contributed by atoms with Gasteiger partial charge in [0, 0.05) is 37.0 Å². The molecule has 7 heteroatoms. The number of carbonyl (C=O) groups is 1. The molecule has 0 bridgehead atoms. The van der Waals surface area contributed by atoms with Gasteiger partial charge in [-0.3, -0.25) is 9.78 Å². The molecule has 0 aliphatic heterocycles. The highest BCUT2D eigenvalue weighted by atomic mass is 19.1. The fourth-order valence-corrected chi connectivity index (χ4v) is 1.99. The summed E-state index contributed by atoms with van der Waals surface area (Å²) >= 11 is 0. The van der Waals surface area contributed by atoms with Crippen molar-refractivity contribution in [2.75, 3.05) is 5.32 Å². The summed E-state index contributed by atoms with van der Waals surface area (Å²) in [7, 11) is 0. The van der Waals surface area contributed by atoms with E-state index < -0.39 is 0 Å². The standard InChI is InChI=1S/C17H14FN5O/c18-14-2-1-3-15(8-14)23-17-21-10-13(11-22-17)16(24)20-9-12-4-6-19-7-5-12/h1-8,10-11H,9H2,(H,20,24)(H,21,22,23). The van der Waals surface area contributed by atoms with Crippen molar-refractivity contribution in [2.45, 2.75) is 6.54 Å².